The summed E-state index contributed by atoms with van der Waals surface area (Å²) in [5.41, 5.74) is -0.794. The predicted molar refractivity (Wildman–Crippen MR) is 48.0 cm³/mol. The minimum absolute atomic E-state index is 0.0789. The predicted octanol–water partition coefficient (Wildman–Crippen LogP) is 2.36. The standard InChI is InChI=1S/C9H10F3N3/c1-6(2)7-5-15(14-13-7)8(3-4-8)9(10,11)12/h5H,1,3-4H2,2H3. The molecule has 1 heterocycles. The van der Waals surface area contributed by atoms with Crippen LogP contribution in [0.1, 0.15) is 25.5 Å². The summed E-state index contributed by atoms with van der Waals surface area (Å²) >= 11 is 0. The van der Waals surface area contributed by atoms with E-state index in [1.807, 2.05) is 0 Å². The highest BCUT2D eigenvalue weighted by Crippen LogP contribution is 2.54. The Kier molecular flexibility index (Phi) is 1.93. The average Bonchev–Trinajstić information content (AvgIpc) is 2.77. The first kappa shape index (κ1) is 10.2. The van der Waals surface area contributed by atoms with Crippen LogP contribution >= 0.6 is 0 Å². The molecule has 0 aromatic carbocycles. The van der Waals surface area contributed by atoms with Crippen LogP contribution in [0.15, 0.2) is 12.8 Å². The molecule has 0 bridgehead atoms. The van der Waals surface area contributed by atoms with Gasteiger partial charge in [-0.15, -0.1) is 5.10 Å². The average molecular weight is 217 g/mol. The molecule has 6 heteroatoms. The molecule has 1 saturated carbocycles. The number of rotatable bonds is 2. The highest BCUT2D eigenvalue weighted by atomic mass is 19.4. The van der Waals surface area contributed by atoms with Crippen LogP contribution in [0.3, 0.4) is 0 Å². The molecule has 1 aromatic heterocycles. The molecule has 0 spiro atoms. The Morgan fingerprint density at radius 2 is 2.13 bits per heavy atom. The molecular formula is C9H10F3N3. The van der Waals surface area contributed by atoms with Crippen molar-refractivity contribution in [1.82, 2.24) is 15.0 Å². The van der Waals surface area contributed by atoms with E-state index in [4.69, 9.17) is 0 Å². The third kappa shape index (κ3) is 1.44. The van der Waals surface area contributed by atoms with Crippen LogP contribution in [0.5, 0.6) is 0 Å². The van der Waals surface area contributed by atoms with Crippen LogP contribution < -0.4 is 0 Å². The summed E-state index contributed by atoms with van der Waals surface area (Å²) in [5.74, 6) is 0. The maximum Gasteiger partial charge on any atom is 0.413 e. The highest BCUT2D eigenvalue weighted by Gasteiger charge is 2.65. The van der Waals surface area contributed by atoms with Gasteiger partial charge in [0.15, 0.2) is 5.54 Å². The van der Waals surface area contributed by atoms with E-state index < -0.39 is 11.7 Å². The Bertz CT molecular complexity index is 401. The summed E-state index contributed by atoms with van der Waals surface area (Å²) in [6.07, 6.45) is -2.79. The third-order valence-corrected chi connectivity index (χ3v) is 2.62. The lowest BCUT2D eigenvalue weighted by Gasteiger charge is -2.18. The molecule has 1 aliphatic carbocycles. The Balaban J connectivity index is 2.35. The molecule has 82 valence electrons. The van der Waals surface area contributed by atoms with E-state index in [0.717, 1.165) is 4.68 Å². The van der Waals surface area contributed by atoms with E-state index in [9.17, 15) is 13.2 Å². The van der Waals surface area contributed by atoms with E-state index in [1.165, 1.54) is 6.20 Å². The van der Waals surface area contributed by atoms with Gasteiger partial charge in [0.05, 0.1) is 6.20 Å². The van der Waals surface area contributed by atoms with Gasteiger partial charge in [-0.2, -0.15) is 13.2 Å². The van der Waals surface area contributed by atoms with E-state index in [2.05, 4.69) is 16.9 Å². The molecule has 0 radical (unpaired) electrons. The second-order valence-electron chi connectivity index (χ2n) is 3.86. The van der Waals surface area contributed by atoms with Crippen molar-refractivity contribution in [2.45, 2.75) is 31.5 Å². The molecule has 0 saturated heterocycles. The summed E-state index contributed by atoms with van der Waals surface area (Å²) in [6, 6.07) is 0. The fourth-order valence-electron chi connectivity index (χ4n) is 1.43. The van der Waals surface area contributed by atoms with E-state index in [1.54, 1.807) is 6.92 Å². The number of nitrogens with zero attached hydrogens (tertiary/aromatic N) is 3. The summed E-state index contributed by atoms with van der Waals surface area (Å²) < 4.78 is 39.0. The monoisotopic (exact) mass is 217 g/mol. The zero-order valence-corrected chi connectivity index (χ0v) is 8.17. The SMILES string of the molecule is C=C(C)c1cn(C2(C(F)(F)F)CC2)nn1. The minimum atomic E-state index is -4.26. The molecule has 1 aliphatic rings. The van der Waals surface area contributed by atoms with Crippen LogP contribution in [0.25, 0.3) is 5.57 Å². The lowest BCUT2D eigenvalue weighted by Crippen LogP contribution is -2.35. The molecule has 0 unspecified atom stereocenters. The Labute approximate surface area is 84.6 Å². The lowest BCUT2D eigenvalue weighted by atomic mass is 10.2. The van der Waals surface area contributed by atoms with Crippen molar-refractivity contribution in [2.75, 3.05) is 0 Å². The lowest BCUT2D eigenvalue weighted by molar-refractivity contribution is -0.182. The summed E-state index contributed by atoms with van der Waals surface area (Å²) in [5, 5.41) is 7.17. The normalized spacial score (nSPS) is 18.9. The zero-order valence-electron chi connectivity index (χ0n) is 8.17. The van der Waals surface area contributed by atoms with Crippen molar-refractivity contribution in [3.63, 3.8) is 0 Å². The van der Waals surface area contributed by atoms with Gasteiger partial charge in [-0.1, -0.05) is 11.8 Å². The van der Waals surface area contributed by atoms with Crippen molar-refractivity contribution in [1.29, 1.82) is 0 Å². The molecule has 1 fully saturated rings. The topological polar surface area (TPSA) is 30.7 Å². The molecule has 0 N–H and O–H groups in total. The molecule has 2 rings (SSSR count). The molecule has 0 amide bonds. The molecular weight excluding hydrogens is 207 g/mol. The second-order valence-corrected chi connectivity index (χ2v) is 3.86. The molecule has 0 atom stereocenters. The van der Waals surface area contributed by atoms with Crippen LogP contribution in [-0.4, -0.2) is 21.2 Å². The van der Waals surface area contributed by atoms with Gasteiger partial charge < -0.3 is 0 Å². The van der Waals surface area contributed by atoms with Crippen molar-refractivity contribution in [3.8, 4) is 0 Å². The maximum absolute atomic E-state index is 12.7. The molecule has 1 aromatic rings. The third-order valence-electron chi connectivity index (χ3n) is 2.62. The Morgan fingerprint density at radius 1 is 1.53 bits per heavy atom. The van der Waals surface area contributed by atoms with Gasteiger partial charge in [-0.05, 0) is 25.3 Å². The Morgan fingerprint density at radius 3 is 2.47 bits per heavy atom. The van der Waals surface area contributed by atoms with Crippen LogP contribution in [0.4, 0.5) is 13.2 Å². The molecule has 15 heavy (non-hydrogen) atoms. The van der Waals surface area contributed by atoms with E-state index in [-0.39, 0.29) is 12.8 Å². The molecule has 3 nitrogen and oxygen atoms in total. The zero-order chi connectivity index (χ0) is 11.3. The van der Waals surface area contributed by atoms with Crippen LogP contribution in [-0.2, 0) is 5.54 Å². The number of allylic oxidation sites excluding steroid dienone is 1. The summed E-state index contributed by atoms with van der Waals surface area (Å²) in [4.78, 5) is 0. The second kappa shape index (κ2) is 2.84. The van der Waals surface area contributed by atoms with Crippen molar-refractivity contribution >= 4 is 5.57 Å². The first-order valence-corrected chi connectivity index (χ1v) is 4.52. The fourth-order valence-corrected chi connectivity index (χ4v) is 1.43. The quantitative estimate of drug-likeness (QED) is 0.761. The number of halogens is 3. The van der Waals surface area contributed by atoms with Crippen LogP contribution in [0, 0.1) is 0 Å². The van der Waals surface area contributed by atoms with Gasteiger partial charge in [0, 0.05) is 0 Å². The fraction of sp³-hybridized carbons (Fsp3) is 0.556. The number of hydrogen-bond donors (Lipinski definition) is 0. The maximum atomic E-state index is 12.7. The van der Waals surface area contributed by atoms with Gasteiger partial charge in [-0.25, -0.2) is 4.68 Å². The number of aromatic nitrogens is 3. The number of alkyl halides is 3. The number of hydrogen-bond acceptors (Lipinski definition) is 2. The van der Waals surface area contributed by atoms with Crippen molar-refractivity contribution in [2.24, 2.45) is 0 Å². The Hall–Kier alpha value is -1.33. The minimum Gasteiger partial charge on any atom is -0.237 e. The van der Waals surface area contributed by atoms with E-state index >= 15 is 0 Å². The van der Waals surface area contributed by atoms with Gasteiger partial charge in [0.25, 0.3) is 0 Å². The highest BCUT2D eigenvalue weighted by molar-refractivity contribution is 5.56. The largest absolute Gasteiger partial charge is 0.413 e. The first-order valence-electron chi connectivity index (χ1n) is 4.52. The van der Waals surface area contributed by atoms with Gasteiger partial charge in [-0.3, -0.25) is 0 Å². The van der Waals surface area contributed by atoms with Gasteiger partial charge in [0.1, 0.15) is 5.69 Å². The van der Waals surface area contributed by atoms with Gasteiger partial charge >= 0.3 is 6.18 Å². The summed E-state index contributed by atoms with van der Waals surface area (Å²) in [6.45, 7) is 5.29. The van der Waals surface area contributed by atoms with Crippen molar-refractivity contribution < 1.29 is 13.2 Å². The summed E-state index contributed by atoms with van der Waals surface area (Å²) in [7, 11) is 0. The van der Waals surface area contributed by atoms with Crippen molar-refractivity contribution in [3.05, 3.63) is 18.5 Å². The van der Waals surface area contributed by atoms with Crippen LogP contribution in [0.2, 0.25) is 0 Å². The first-order chi connectivity index (χ1) is 6.87. The smallest absolute Gasteiger partial charge is 0.237 e. The molecule has 0 aliphatic heterocycles. The van der Waals surface area contributed by atoms with E-state index in [0.29, 0.717) is 11.3 Å². The van der Waals surface area contributed by atoms with Gasteiger partial charge in [0.2, 0.25) is 0 Å².